The van der Waals surface area contributed by atoms with E-state index >= 15 is 0 Å². The molecule has 6 nitrogen and oxygen atoms in total. The van der Waals surface area contributed by atoms with Gasteiger partial charge in [-0.1, -0.05) is 12.8 Å². The van der Waals surface area contributed by atoms with E-state index in [4.69, 9.17) is 4.42 Å². The molecule has 1 aliphatic heterocycles. The van der Waals surface area contributed by atoms with Crippen molar-refractivity contribution >= 4 is 11.8 Å². The van der Waals surface area contributed by atoms with Crippen molar-refractivity contribution in [3.8, 4) is 0 Å². The number of oxazole rings is 1. The van der Waals surface area contributed by atoms with Gasteiger partial charge in [0, 0.05) is 13.1 Å². The minimum absolute atomic E-state index is 0.0110. The Morgan fingerprint density at radius 1 is 1.00 bits per heavy atom. The minimum Gasteiger partial charge on any atom is -0.437 e. The minimum atomic E-state index is -0.381. The van der Waals surface area contributed by atoms with E-state index in [1.54, 1.807) is 0 Å². The maximum atomic E-state index is 11.7. The first-order valence-corrected chi connectivity index (χ1v) is 5.79. The summed E-state index contributed by atoms with van der Waals surface area (Å²) >= 11 is 0. The summed E-state index contributed by atoms with van der Waals surface area (Å²) in [5.41, 5.74) is 0.0584. The molecule has 0 fully saturated rings. The molecular weight excluding hydrogens is 222 g/mol. The highest BCUT2D eigenvalue weighted by Gasteiger charge is 2.22. The quantitative estimate of drug-likeness (QED) is 0.696. The van der Waals surface area contributed by atoms with E-state index in [2.05, 4.69) is 15.6 Å². The SMILES string of the molecule is O=C1NCCCCCCNC(=O)c2ocnc21. The zero-order chi connectivity index (χ0) is 12.1. The van der Waals surface area contributed by atoms with Crippen LogP contribution >= 0.6 is 0 Å². The van der Waals surface area contributed by atoms with Gasteiger partial charge >= 0.3 is 0 Å². The highest BCUT2D eigenvalue weighted by molar-refractivity contribution is 6.04. The highest BCUT2D eigenvalue weighted by atomic mass is 16.4. The van der Waals surface area contributed by atoms with Crippen LogP contribution < -0.4 is 10.6 Å². The van der Waals surface area contributed by atoms with Gasteiger partial charge < -0.3 is 15.1 Å². The van der Waals surface area contributed by atoms with Crippen LogP contribution in [0.1, 0.15) is 46.7 Å². The van der Waals surface area contributed by atoms with E-state index in [1.807, 2.05) is 0 Å². The zero-order valence-corrected chi connectivity index (χ0v) is 9.49. The summed E-state index contributed by atoms with van der Waals surface area (Å²) < 4.78 is 4.96. The lowest BCUT2D eigenvalue weighted by atomic mass is 10.2. The Bertz CT molecular complexity index is 377. The van der Waals surface area contributed by atoms with Crippen molar-refractivity contribution in [2.24, 2.45) is 0 Å². The number of hydrogen-bond acceptors (Lipinski definition) is 4. The predicted octanol–water partition coefficient (Wildman–Crippen LogP) is 0.708. The molecule has 0 unspecified atom stereocenters. The van der Waals surface area contributed by atoms with Crippen LogP contribution in [0.25, 0.3) is 0 Å². The lowest BCUT2D eigenvalue weighted by Crippen LogP contribution is -2.30. The van der Waals surface area contributed by atoms with Crippen molar-refractivity contribution in [1.29, 1.82) is 0 Å². The standard InChI is InChI=1S/C11H15N3O3/c15-10-8-9(17-7-14-8)11(16)13-6-4-2-1-3-5-12-10/h7H,1-6H2,(H,12,15)(H,13,16). The topological polar surface area (TPSA) is 84.2 Å². The zero-order valence-electron chi connectivity index (χ0n) is 9.49. The largest absolute Gasteiger partial charge is 0.437 e. The van der Waals surface area contributed by atoms with Gasteiger partial charge in [0.05, 0.1) is 0 Å². The van der Waals surface area contributed by atoms with Gasteiger partial charge in [0.1, 0.15) is 0 Å². The molecule has 0 spiro atoms. The Labute approximate surface area is 98.8 Å². The fraction of sp³-hybridized carbons (Fsp3) is 0.545. The molecule has 2 heterocycles. The Balaban J connectivity index is 2.16. The van der Waals surface area contributed by atoms with Gasteiger partial charge in [-0.15, -0.1) is 0 Å². The summed E-state index contributed by atoms with van der Waals surface area (Å²) in [6, 6.07) is 0. The summed E-state index contributed by atoms with van der Waals surface area (Å²) in [7, 11) is 0. The molecule has 1 aromatic rings. The highest BCUT2D eigenvalue weighted by Crippen LogP contribution is 2.08. The van der Waals surface area contributed by atoms with Gasteiger partial charge in [-0.05, 0) is 12.8 Å². The van der Waals surface area contributed by atoms with Crippen molar-refractivity contribution in [2.75, 3.05) is 13.1 Å². The number of amides is 2. The van der Waals surface area contributed by atoms with E-state index in [9.17, 15) is 9.59 Å². The number of hydrogen-bond donors (Lipinski definition) is 2. The van der Waals surface area contributed by atoms with Crippen LogP contribution in [-0.2, 0) is 0 Å². The molecule has 1 aromatic heterocycles. The normalized spacial score (nSPS) is 18.4. The number of carbonyl (C=O) groups excluding carboxylic acids is 2. The molecule has 0 bridgehead atoms. The summed E-state index contributed by atoms with van der Waals surface area (Å²) in [4.78, 5) is 27.2. The Kier molecular flexibility index (Phi) is 3.74. The maximum Gasteiger partial charge on any atom is 0.289 e. The van der Waals surface area contributed by atoms with Crippen LogP contribution in [0.3, 0.4) is 0 Å². The molecule has 2 N–H and O–H groups in total. The number of aromatic nitrogens is 1. The first-order valence-electron chi connectivity index (χ1n) is 5.79. The van der Waals surface area contributed by atoms with Crippen molar-refractivity contribution in [3.05, 3.63) is 17.8 Å². The molecule has 0 radical (unpaired) electrons. The van der Waals surface area contributed by atoms with Gasteiger partial charge in [-0.25, -0.2) is 4.98 Å². The lowest BCUT2D eigenvalue weighted by molar-refractivity contribution is 0.0895. The number of nitrogens with zero attached hydrogens (tertiary/aromatic N) is 1. The van der Waals surface area contributed by atoms with Crippen LogP contribution in [0.4, 0.5) is 0 Å². The summed E-state index contributed by atoms with van der Waals surface area (Å²) in [5, 5.41) is 5.43. The second-order valence-electron chi connectivity index (χ2n) is 3.96. The van der Waals surface area contributed by atoms with Crippen LogP contribution in [0.15, 0.2) is 10.8 Å². The van der Waals surface area contributed by atoms with Gasteiger partial charge in [0.15, 0.2) is 12.1 Å². The summed E-state index contributed by atoms with van der Waals surface area (Å²) in [5.74, 6) is -0.749. The van der Waals surface area contributed by atoms with E-state index in [-0.39, 0.29) is 23.3 Å². The van der Waals surface area contributed by atoms with Crippen LogP contribution in [-0.4, -0.2) is 29.9 Å². The second-order valence-corrected chi connectivity index (χ2v) is 3.96. The smallest absolute Gasteiger partial charge is 0.289 e. The lowest BCUT2D eigenvalue weighted by Gasteiger charge is -2.08. The molecule has 17 heavy (non-hydrogen) atoms. The molecule has 0 saturated heterocycles. The molecule has 92 valence electrons. The average Bonchev–Trinajstić information content (AvgIpc) is 2.79. The monoisotopic (exact) mass is 237 g/mol. The third kappa shape index (κ3) is 2.83. The van der Waals surface area contributed by atoms with E-state index in [1.165, 1.54) is 0 Å². The number of carbonyl (C=O) groups is 2. The van der Waals surface area contributed by atoms with Gasteiger partial charge in [-0.3, -0.25) is 9.59 Å². The van der Waals surface area contributed by atoms with Crippen molar-refractivity contribution in [1.82, 2.24) is 15.6 Å². The summed E-state index contributed by atoms with van der Waals surface area (Å²) in [6.07, 6.45) is 5.07. The number of nitrogens with one attached hydrogen (secondary N) is 2. The van der Waals surface area contributed by atoms with E-state index in [0.717, 1.165) is 32.1 Å². The van der Waals surface area contributed by atoms with E-state index in [0.29, 0.717) is 13.1 Å². The average molecular weight is 237 g/mol. The first-order chi connectivity index (χ1) is 8.29. The molecule has 1 aliphatic rings. The fourth-order valence-corrected chi connectivity index (χ4v) is 1.74. The van der Waals surface area contributed by atoms with E-state index < -0.39 is 0 Å². The number of fused-ring (bicyclic) bond motifs is 1. The van der Waals surface area contributed by atoms with Gasteiger partial charge in [-0.2, -0.15) is 0 Å². The molecule has 6 heteroatoms. The van der Waals surface area contributed by atoms with Crippen molar-refractivity contribution in [3.63, 3.8) is 0 Å². The third-order valence-corrected chi connectivity index (χ3v) is 2.66. The molecular formula is C11H15N3O3. The molecule has 2 rings (SSSR count). The fourth-order valence-electron chi connectivity index (χ4n) is 1.74. The molecule has 2 amide bonds. The van der Waals surface area contributed by atoms with Gasteiger partial charge in [0.2, 0.25) is 5.76 Å². The number of rotatable bonds is 0. The Morgan fingerprint density at radius 2 is 1.65 bits per heavy atom. The third-order valence-electron chi connectivity index (χ3n) is 2.66. The Hall–Kier alpha value is -1.85. The predicted molar refractivity (Wildman–Crippen MR) is 59.6 cm³/mol. The molecule has 0 saturated carbocycles. The van der Waals surface area contributed by atoms with Crippen LogP contribution in [0.2, 0.25) is 0 Å². The van der Waals surface area contributed by atoms with Crippen LogP contribution in [0, 0.1) is 0 Å². The Morgan fingerprint density at radius 3 is 2.35 bits per heavy atom. The van der Waals surface area contributed by atoms with Crippen molar-refractivity contribution in [2.45, 2.75) is 25.7 Å². The molecule has 0 aliphatic carbocycles. The van der Waals surface area contributed by atoms with Crippen LogP contribution in [0.5, 0.6) is 0 Å². The maximum absolute atomic E-state index is 11.7. The second kappa shape index (κ2) is 5.47. The van der Waals surface area contributed by atoms with Gasteiger partial charge in [0.25, 0.3) is 11.8 Å². The molecule has 0 aromatic carbocycles. The molecule has 0 atom stereocenters. The summed E-state index contributed by atoms with van der Waals surface area (Å²) in [6.45, 7) is 1.20. The van der Waals surface area contributed by atoms with Crippen molar-refractivity contribution < 1.29 is 14.0 Å². The first kappa shape index (κ1) is 11.6.